The third-order valence-corrected chi connectivity index (χ3v) is 4.86. The van der Waals surface area contributed by atoms with Gasteiger partial charge >= 0.3 is 5.97 Å². The molecule has 2 heterocycles. The van der Waals surface area contributed by atoms with Crippen molar-refractivity contribution in [2.45, 2.75) is 39.8 Å². The van der Waals surface area contributed by atoms with Crippen LogP contribution in [0.2, 0.25) is 0 Å². The number of hydrogen-bond acceptors (Lipinski definition) is 5. The second-order valence-corrected chi connectivity index (χ2v) is 8.36. The molecule has 6 heteroatoms. The number of ketones is 1. The Labute approximate surface area is 181 Å². The number of fused-ring (bicyclic) bond motifs is 2. The van der Waals surface area contributed by atoms with Crippen LogP contribution >= 0.6 is 0 Å². The summed E-state index contributed by atoms with van der Waals surface area (Å²) in [7, 11) is 0. The van der Waals surface area contributed by atoms with E-state index in [1.165, 1.54) is 0 Å². The molecule has 0 spiro atoms. The van der Waals surface area contributed by atoms with E-state index in [-0.39, 0.29) is 18.1 Å². The summed E-state index contributed by atoms with van der Waals surface area (Å²) in [6, 6.07) is 13.0. The van der Waals surface area contributed by atoms with Gasteiger partial charge in [0.2, 0.25) is 5.78 Å². The highest BCUT2D eigenvalue weighted by Gasteiger charge is 2.28. The van der Waals surface area contributed by atoms with E-state index in [4.69, 9.17) is 14.2 Å². The van der Waals surface area contributed by atoms with E-state index in [1.807, 2.05) is 24.4 Å². The number of ether oxygens (including phenoxy) is 3. The highest BCUT2D eigenvalue weighted by molar-refractivity contribution is 6.15. The predicted molar refractivity (Wildman–Crippen MR) is 118 cm³/mol. The molecule has 1 aliphatic heterocycles. The maximum Gasteiger partial charge on any atom is 0.344 e. The number of allylic oxidation sites excluding steroid dienone is 1. The van der Waals surface area contributed by atoms with Gasteiger partial charge in [-0.05, 0) is 52.0 Å². The Morgan fingerprint density at radius 3 is 2.68 bits per heavy atom. The number of benzene rings is 2. The van der Waals surface area contributed by atoms with Crippen molar-refractivity contribution >= 4 is 28.7 Å². The van der Waals surface area contributed by atoms with Crippen molar-refractivity contribution in [1.29, 1.82) is 0 Å². The van der Waals surface area contributed by atoms with Gasteiger partial charge in [0.25, 0.3) is 0 Å². The lowest BCUT2D eigenvalue weighted by Crippen LogP contribution is -2.27. The van der Waals surface area contributed by atoms with Crippen molar-refractivity contribution in [2.75, 3.05) is 6.61 Å². The zero-order valence-corrected chi connectivity index (χ0v) is 18.1. The van der Waals surface area contributed by atoms with E-state index in [9.17, 15) is 9.59 Å². The molecule has 160 valence electrons. The number of hydrogen-bond donors (Lipinski definition) is 0. The summed E-state index contributed by atoms with van der Waals surface area (Å²) in [5.41, 5.74) is 1.93. The molecule has 0 amide bonds. The van der Waals surface area contributed by atoms with Gasteiger partial charge in [0.05, 0.1) is 5.56 Å². The molecule has 4 rings (SSSR count). The van der Waals surface area contributed by atoms with E-state index >= 15 is 0 Å². The maximum absolute atomic E-state index is 12.8. The second-order valence-electron chi connectivity index (χ2n) is 8.36. The van der Waals surface area contributed by atoms with Gasteiger partial charge in [0.1, 0.15) is 17.1 Å². The minimum absolute atomic E-state index is 0.179. The van der Waals surface area contributed by atoms with E-state index < -0.39 is 11.6 Å². The normalized spacial score (nSPS) is 14.6. The highest BCUT2D eigenvalue weighted by atomic mass is 16.6. The van der Waals surface area contributed by atoms with Crippen molar-refractivity contribution < 1.29 is 23.8 Å². The summed E-state index contributed by atoms with van der Waals surface area (Å²) in [6.45, 7) is 8.08. The summed E-state index contributed by atoms with van der Waals surface area (Å²) >= 11 is 0. The Balaban J connectivity index is 1.54. The molecular formula is C25H25NO5. The first-order valence-electron chi connectivity index (χ1n) is 10.3. The van der Waals surface area contributed by atoms with Crippen molar-refractivity contribution in [3.8, 4) is 11.5 Å². The molecule has 0 radical (unpaired) electrons. The molecule has 0 atom stereocenters. The molecule has 31 heavy (non-hydrogen) atoms. The van der Waals surface area contributed by atoms with Gasteiger partial charge in [-0.2, -0.15) is 0 Å². The molecule has 0 saturated carbocycles. The van der Waals surface area contributed by atoms with Crippen LogP contribution in [0.3, 0.4) is 0 Å². The van der Waals surface area contributed by atoms with E-state index in [2.05, 4.69) is 17.6 Å². The van der Waals surface area contributed by atoms with Crippen LogP contribution in [0.15, 0.2) is 54.4 Å². The van der Waals surface area contributed by atoms with Crippen molar-refractivity contribution in [1.82, 2.24) is 4.57 Å². The minimum atomic E-state index is -0.575. The summed E-state index contributed by atoms with van der Waals surface area (Å²) in [4.78, 5) is 24.7. The molecule has 6 nitrogen and oxygen atoms in total. The van der Waals surface area contributed by atoms with E-state index in [0.717, 1.165) is 23.0 Å². The van der Waals surface area contributed by atoms with E-state index in [0.29, 0.717) is 17.1 Å². The van der Waals surface area contributed by atoms with Gasteiger partial charge in [-0.1, -0.05) is 18.2 Å². The lowest BCUT2D eigenvalue weighted by Gasteiger charge is -2.19. The van der Waals surface area contributed by atoms with Crippen molar-refractivity contribution in [3.05, 3.63) is 65.5 Å². The Morgan fingerprint density at radius 1 is 1.16 bits per heavy atom. The number of nitrogens with zero attached hydrogens (tertiary/aromatic N) is 1. The molecule has 0 saturated heterocycles. The van der Waals surface area contributed by atoms with Crippen LogP contribution in [0.5, 0.6) is 11.5 Å². The Kier molecular flexibility index (Phi) is 5.31. The first-order chi connectivity index (χ1) is 14.7. The number of esters is 1. The monoisotopic (exact) mass is 419 g/mol. The lowest BCUT2D eigenvalue weighted by atomic mass is 10.1. The zero-order chi connectivity index (χ0) is 22.2. The van der Waals surface area contributed by atoms with Crippen molar-refractivity contribution in [3.63, 3.8) is 0 Å². The smallest absolute Gasteiger partial charge is 0.344 e. The third-order valence-electron chi connectivity index (χ3n) is 4.86. The van der Waals surface area contributed by atoms with Crippen molar-refractivity contribution in [2.24, 2.45) is 0 Å². The maximum atomic E-state index is 12.8. The largest absolute Gasteiger partial charge is 0.482 e. The average Bonchev–Trinajstić information content (AvgIpc) is 3.23. The summed E-state index contributed by atoms with van der Waals surface area (Å²) < 4.78 is 18.7. The zero-order valence-electron chi connectivity index (χ0n) is 18.1. The molecule has 1 aromatic heterocycles. The molecule has 0 fully saturated rings. The highest BCUT2D eigenvalue weighted by Crippen LogP contribution is 2.35. The Bertz CT molecular complexity index is 1200. The molecule has 0 N–H and O–H groups in total. The molecule has 0 aliphatic carbocycles. The second kappa shape index (κ2) is 7.95. The van der Waals surface area contributed by atoms with E-state index in [1.54, 1.807) is 45.0 Å². The van der Waals surface area contributed by atoms with Gasteiger partial charge in [-0.3, -0.25) is 4.79 Å². The molecule has 2 aromatic carbocycles. The van der Waals surface area contributed by atoms with Gasteiger partial charge in [0, 0.05) is 35.3 Å². The summed E-state index contributed by atoms with van der Waals surface area (Å²) in [5, 5.41) is 1.06. The first-order valence-corrected chi connectivity index (χ1v) is 10.3. The summed E-state index contributed by atoms with van der Waals surface area (Å²) in [5.74, 6) is 0.469. The predicted octanol–water partition coefficient (Wildman–Crippen LogP) is 5.00. The number of aryl methyl sites for hydroxylation is 1. The van der Waals surface area contributed by atoms with Gasteiger partial charge in [0.15, 0.2) is 12.4 Å². The quantitative estimate of drug-likeness (QED) is 0.430. The van der Waals surface area contributed by atoms with Crippen LogP contribution in [-0.2, 0) is 16.1 Å². The van der Waals surface area contributed by atoms with Crippen LogP contribution < -0.4 is 9.47 Å². The standard InChI is InChI=1S/C25H25NO5/c1-5-26-14-16(18-8-6-7-9-20(18)26)12-22-24(28)19-11-10-17(13-21(19)30-22)29-15-23(27)31-25(2,3)4/h6-14H,5,15H2,1-4H3. The Morgan fingerprint density at radius 2 is 1.94 bits per heavy atom. The van der Waals surface area contributed by atoms with Gasteiger partial charge in [-0.15, -0.1) is 0 Å². The fourth-order valence-electron chi connectivity index (χ4n) is 3.56. The number of rotatable bonds is 5. The van der Waals surface area contributed by atoms with Crippen LogP contribution in [0.1, 0.15) is 43.6 Å². The average molecular weight is 419 g/mol. The van der Waals surface area contributed by atoms with Crippen LogP contribution in [0.25, 0.3) is 17.0 Å². The third kappa shape index (κ3) is 4.33. The molecule has 3 aromatic rings. The number of aromatic nitrogens is 1. The van der Waals surface area contributed by atoms with Crippen LogP contribution in [0.4, 0.5) is 0 Å². The Hall–Kier alpha value is -3.54. The summed E-state index contributed by atoms with van der Waals surface area (Å²) in [6.07, 6.45) is 3.80. The molecule has 1 aliphatic rings. The number of carbonyl (C=O) groups is 2. The minimum Gasteiger partial charge on any atom is -0.482 e. The fraction of sp³-hybridized carbons (Fsp3) is 0.280. The fourth-order valence-corrected chi connectivity index (χ4v) is 3.56. The van der Waals surface area contributed by atoms with Gasteiger partial charge < -0.3 is 18.8 Å². The van der Waals surface area contributed by atoms with Gasteiger partial charge in [-0.25, -0.2) is 4.79 Å². The first kappa shape index (κ1) is 20.7. The number of para-hydroxylation sites is 1. The van der Waals surface area contributed by atoms with Crippen LogP contribution in [-0.4, -0.2) is 28.5 Å². The molecule has 0 bridgehead atoms. The van der Waals surface area contributed by atoms with Crippen LogP contribution in [0, 0.1) is 0 Å². The number of Topliss-reactive ketones (excluding diaryl/α,β-unsaturated/α-hetero) is 1. The topological polar surface area (TPSA) is 66.8 Å². The lowest BCUT2D eigenvalue weighted by molar-refractivity contribution is -0.157. The number of carbonyl (C=O) groups excluding carboxylic acids is 2. The molecular weight excluding hydrogens is 394 g/mol. The SMILES string of the molecule is CCn1cc(C=C2Oc3cc(OCC(=O)OC(C)(C)C)ccc3C2=O)c2ccccc21. The molecule has 0 unspecified atom stereocenters.